The van der Waals surface area contributed by atoms with Crippen LogP contribution in [0.15, 0.2) is 66.9 Å². The molecule has 0 spiro atoms. The van der Waals surface area contributed by atoms with Gasteiger partial charge in [-0.05, 0) is 18.2 Å². The number of aromatic nitrogens is 1. The Kier molecular flexibility index (Phi) is 2.35. The van der Waals surface area contributed by atoms with E-state index in [4.69, 9.17) is 0 Å². The third-order valence-corrected chi connectivity index (χ3v) is 4.56. The molecule has 2 heterocycles. The van der Waals surface area contributed by atoms with Gasteiger partial charge in [-0.15, -0.1) is 11.3 Å². The van der Waals surface area contributed by atoms with Crippen molar-refractivity contribution in [2.75, 3.05) is 0 Å². The lowest BCUT2D eigenvalue weighted by Crippen LogP contribution is -1.81. The minimum atomic E-state index is 1.04. The Morgan fingerprint density at radius 1 is 0.737 bits per heavy atom. The minimum absolute atomic E-state index is 1.04. The monoisotopic (exact) mass is 261 g/mol. The largest absolute Gasteiger partial charge is 0.256 e. The minimum Gasteiger partial charge on any atom is -0.256 e. The van der Waals surface area contributed by atoms with Crippen molar-refractivity contribution in [2.24, 2.45) is 0 Å². The molecule has 0 bridgehead atoms. The molecule has 90 valence electrons. The number of rotatable bonds is 1. The molecule has 19 heavy (non-hydrogen) atoms. The van der Waals surface area contributed by atoms with Crippen molar-refractivity contribution < 1.29 is 0 Å². The third-order valence-electron chi connectivity index (χ3n) is 3.35. The van der Waals surface area contributed by atoms with Gasteiger partial charge in [-0.3, -0.25) is 4.98 Å². The molecule has 0 aliphatic carbocycles. The summed E-state index contributed by atoms with van der Waals surface area (Å²) in [5.41, 5.74) is 2.26. The van der Waals surface area contributed by atoms with Crippen molar-refractivity contribution in [2.45, 2.75) is 0 Å². The molecule has 0 unspecified atom stereocenters. The van der Waals surface area contributed by atoms with Crippen LogP contribution in [0.3, 0.4) is 0 Å². The second kappa shape index (κ2) is 4.18. The summed E-state index contributed by atoms with van der Waals surface area (Å²) in [6.45, 7) is 0. The van der Waals surface area contributed by atoms with Crippen LogP contribution >= 0.6 is 11.3 Å². The summed E-state index contributed by atoms with van der Waals surface area (Å²) in [7, 11) is 0. The molecule has 0 amide bonds. The third kappa shape index (κ3) is 1.65. The van der Waals surface area contributed by atoms with Crippen LogP contribution in [0, 0.1) is 0 Å². The highest BCUT2D eigenvalue weighted by Crippen LogP contribution is 2.38. The number of nitrogens with zero attached hydrogens (tertiary/aromatic N) is 1. The number of benzene rings is 2. The summed E-state index contributed by atoms with van der Waals surface area (Å²) >= 11 is 1.84. The van der Waals surface area contributed by atoms with Crippen LogP contribution in [0.5, 0.6) is 0 Å². The van der Waals surface area contributed by atoms with E-state index in [1.807, 2.05) is 29.7 Å². The van der Waals surface area contributed by atoms with Gasteiger partial charge in [-0.25, -0.2) is 0 Å². The molecule has 0 atom stereocenters. The Labute approximate surface area is 115 Å². The SMILES string of the molecule is c1ccc(-c2cccc3c2sc2ccccc23)nc1. The topological polar surface area (TPSA) is 12.9 Å². The summed E-state index contributed by atoms with van der Waals surface area (Å²) in [6, 6.07) is 21.1. The highest BCUT2D eigenvalue weighted by Gasteiger charge is 2.09. The first-order chi connectivity index (χ1) is 9.43. The molecule has 0 saturated heterocycles. The second-order valence-corrected chi connectivity index (χ2v) is 5.55. The van der Waals surface area contributed by atoms with Crippen LogP contribution in [0.1, 0.15) is 0 Å². The smallest absolute Gasteiger partial charge is 0.0716 e. The second-order valence-electron chi connectivity index (χ2n) is 4.50. The van der Waals surface area contributed by atoms with Crippen molar-refractivity contribution in [1.82, 2.24) is 4.98 Å². The van der Waals surface area contributed by atoms with Gasteiger partial charge in [-0.2, -0.15) is 0 Å². The zero-order chi connectivity index (χ0) is 12.7. The summed E-state index contributed by atoms with van der Waals surface area (Å²) in [6.07, 6.45) is 1.85. The van der Waals surface area contributed by atoms with E-state index in [2.05, 4.69) is 53.5 Å². The number of pyridine rings is 1. The summed E-state index contributed by atoms with van der Waals surface area (Å²) in [5.74, 6) is 0. The van der Waals surface area contributed by atoms with Crippen LogP contribution < -0.4 is 0 Å². The first-order valence-electron chi connectivity index (χ1n) is 6.25. The van der Waals surface area contributed by atoms with E-state index in [-0.39, 0.29) is 0 Å². The van der Waals surface area contributed by atoms with E-state index in [9.17, 15) is 0 Å². The zero-order valence-corrected chi connectivity index (χ0v) is 11.0. The Hall–Kier alpha value is -2.19. The van der Waals surface area contributed by atoms with Crippen LogP contribution in [0.2, 0.25) is 0 Å². The van der Waals surface area contributed by atoms with Gasteiger partial charge in [-0.1, -0.05) is 42.5 Å². The van der Waals surface area contributed by atoms with Gasteiger partial charge in [0.25, 0.3) is 0 Å². The molecular weight excluding hydrogens is 250 g/mol. The summed E-state index contributed by atoms with van der Waals surface area (Å²) in [5, 5.41) is 2.66. The maximum absolute atomic E-state index is 4.48. The van der Waals surface area contributed by atoms with Crippen molar-refractivity contribution in [3.05, 3.63) is 66.9 Å². The standard InChI is InChI=1S/C17H11NS/c1-2-10-16-12(6-1)13-7-5-8-14(17(13)19-16)15-9-3-4-11-18-15/h1-11H. The fourth-order valence-electron chi connectivity index (χ4n) is 2.47. The average Bonchev–Trinajstić information content (AvgIpc) is 2.87. The molecule has 2 aromatic carbocycles. The van der Waals surface area contributed by atoms with Crippen LogP contribution in [0.4, 0.5) is 0 Å². The van der Waals surface area contributed by atoms with Crippen molar-refractivity contribution in [1.29, 1.82) is 0 Å². The Morgan fingerprint density at radius 2 is 1.58 bits per heavy atom. The maximum Gasteiger partial charge on any atom is 0.0716 e. The van der Waals surface area contributed by atoms with Gasteiger partial charge in [0.15, 0.2) is 0 Å². The van der Waals surface area contributed by atoms with Gasteiger partial charge >= 0.3 is 0 Å². The molecule has 2 aromatic heterocycles. The van der Waals surface area contributed by atoms with Gasteiger partial charge in [0.05, 0.1) is 5.69 Å². The van der Waals surface area contributed by atoms with Gasteiger partial charge in [0.2, 0.25) is 0 Å². The molecule has 0 aliphatic heterocycles. The molecule has 0 N–H and O–H groups in total. The van der Waals surface area contributed by atoms with E-state index < -0.39 is 0 Å². The summed E-state index contributed by atoms with van der Waals surface area (Å²) in [4.78, 5) is 4.48. The zero-order valence-electron chi connectivity index (χ0n) is 10.2. The van der Waals surface area contributed by atoms with E-state index in [0.29, 0.717) is 0 Å². The fraction of sp³-hybridized carbons (Fsp3) is 0. The molecule has 0 radical (unpaired) electrons. The predicted octanol–water partition coefficient (Wildman–Crippen LogP) is 5.12. The lowest BCUT2D eigenvalue weighted by Gasteiger charge is -2.01. The van der Waals surface area contributed by atoms with Crippen LogP contribution in [-0.4, -0.2) is 4.98 Å². The van der Waals surface area contributed by atoms with Crippen LogP contribution in [-0.2, 0) is 0 Å². The first-order valence-corrected chi connectivity index (χ1v) is 7.07. The molecule has 2 heteroatoms. The highest BCUT2D eigenvalue weighted by molar-refractivity contribution is 7.26. The van der Waals surface area contributed by atoms with Crippen molar-refractivity contribution in [3.8, 4) is 11.3 Å². The van der Waals surface area contributed by atoms with E-state index in [1.54, 1.807) is 0 Å². The molecule has 0 fully saturated rings. The maximum atomic E-state index is 4.48. The van der Waals surface area contributed by atoms with E-state index in [1.165, 1.54) is 25.7 Å². The van der Waals surface area contributed by atoms with E-state index >= 15 is 0 Å². The molecular formula is C17H11NS. The first kappa shape index (κ1) is 10.7. The van der Waals surface area contributed by atoms with Gasteiger partial charge in [0.1, 0.15) is 0 Å². The molecule has 0 aliphatic rings. The quantitative estimate of drug-likeness (QED) is 0.463. The van der Waals surface area contributed by atoms with Crippen LogP contribution in [0.25, 0.3) is 31.4 Å². The Bertz CT molecular complexity index is 862. The van der Waals surface area contributed by atoms with Crippen molar-refractivity contribution >= 4 is 31.5 Å². The Balaban J connectivity index is 2.13. The van der Waals surface area contributed by atoms with Gasteiger partial charge < -0.3 is 0 Å². The van der Waals surface area contributed by atoms with Crippen molar-refractivity contribution in [3.63, 3.8) is 0 Å². The average molecular weight is 261 g/mol. The molecule has 4 rings (SSSR count). The highest BCUT2D eigenvalue weighted by atomic mass is 32.1. The number of hydrogen-bond acceptors (Lipinski definition) is 2. The molecule has 4 aromatic rings. The van der Waals surface area contributed by atoms with E-state index in [0.717, 1.165) is 5.69 Å². The molecule has 0 saturated carbocycles. The Morgan fingerprint density at radius 3 is 2.47 bits per heavy atom. The number of fused-ring (bicyclic) bond motifs is 3. The number of hydrogen-bond donors (Lipinski definition) is 0. The molecule has 1 nitrogen and oxygen atoms in total. The lowest BCUT2D eigenvalue weighted by molar-refractivity contribution is 1.33. The fourth-order valence-corrected chi connectivity index (χ4v) is 3.70. The predicted molar refractivity (Wildman–Crippen MR) is 82.6 cm³/mol. The lowest BCUT2D eigenvalue weighted by atomic mass is 10.1. The normalized spacial score (nSPS) is 11.2. The number of thiophene rings is 1. The van der Waals surface area contributed by atoms with Gasteiger partial charge in [0, 0.05) is 31.9 Å². The summed E-state index contributed by atoms with van der Waals surface area (Å²) < 4.78 is 2.66.